The molecule has 41 heavy (non-hydrogen) atoms. The molecule has 216 valence electrons. The standard InChI is InChI=1S/C32H34FNO6S/c1-4-34(16-6-7-21(2)39-22(3)35)17-18-38-26-11-13-27(14-12-26)40-31-28-15-10-25(36)20-29(28)41-32(31)30(37)23-8-5-9-24(33)19-23/h5,8-15,19-21,36H,4,6-7,16-18H2,1-3H3. The fraction of sp³-hybridized carbons (Fsp3) is 0.312. The van der Waals surface area contributed by atoms with Crippen LogP contribution >= 0.6 is 11.3 Å². The number of phenolic OH excluding ortho intramolecular Hbond substituents is 1. The number of benzene rings is 3. The zero-order valence-corrected chi connectivity index (χ0v) is 24.2. The molecule has 0 spiro atoms. The third-order valence-corrected chi connectivity index (χ3v) is 7.67. The van der Waals surface area contributed by atoms with Gasteiger partial charge in [-0.25, -0.2) is 4.39 Å². The topological polar surface area (TPSA) is 85.3 Å². The predicted octanol–water partition coefficient (Wildman–Crippen LogP) is 7.20. The number of ether oxygens (including phenoxy) is 3. The van der Waals surface area contributed by atoms with Crippen molar-refractivity contribution in [2.45, 2.75) is 39.7 Å². The molecule has 0 aliphatic heterocycles. The van der Waals surface area contributed by atoms with E-state index in [0.717, 1.165) is 32.5 Å². The maximum absolute atomic E-state index is 13.8. The van der Waals surface area contributed by atoms with Gasteiger partial charge in [0.2, 0.25) is 5.78 Å². The van der Waals surface area contributed by atoms with Gasteiger partial charge >= 0.3 is 5.97 Å². The molecule has 7 nitrogen and oxygen atoms in total. The van der Waals surface area contributed by atoms with Crippen LogP contribution in [-0.4, -0.2) is 54.1 Å². The van der Waals surface area contributed by atoms with Gasteiger partial charge in [0.05, 0.1) is 6.10 Å². The summed E-state index contributed by atoms with van der Waals surface area (Å²) in [6.45, 7) is 8.49. The van der Waals surface area contributed by atoms with Crippen molar-refractivity contribution in [3.63, 3.8) is 0 Å². The van der Waals surface area contributed by atoms with Crippen molar-refractivity contribution < 1.29 is 33.3 Å². The molecule has 0 saturated heterocycles. The summed E-state index contributed by atoms with van der Waals surface area (Å²) in [5.74, 6) is 0.522. The van der Waals surface area contributed by atoms with Gasteiger partial charge in [0.15, 0.2) is 5.75 Å². The van der Waals surface area contributed by atoms with Gasteiger partial charge in [0, 0.05) is 29.1 Å². The number of thiophene rings is 1. The van der Waals surface area contributed by atoms with Crippen LogP contribution < -0.4 is 9.47 Å². The van der Waals surface area contributed by atoms with Gasteiger partial charge in [-0.3, -0.25) is 9.59 Å². The Kier molecular flexibility index (Phi) is 10.3. The zero-order chi connectivity index (χ0) is 29.4. The maximum Gasteiger partial charge on any atom is 0.302 e. The van der Waals surface area contributed by atoms with Crippen molar-refractivity contribution in [2.75, 3.05) is 26.2 Å². The molecule has 0 aliphatic carbocycles. The summed E-state index contributed by atoms with van der Waals surface area (Å²) in [5, 5.41) is 10.6. The number of ketones is 1. The molecular weight excluding hydrogens is 545 g/mol. The van der Waals surface area contributed by atoms with Crippen molar-refractivity contribution in [1.82, 2.24) is 4.90 Å². The number of aromatic hydroxyl groups is 1. The van der Waals surface area contributed by atoms with E-state index < -0.39 is 5.82 Å². The first-order valence-corrected chi connectivity index (χ1v) is 14.4. The zero-order valence-electron chi connectivity index (χ0n) is 23.4. The van der Waals surface area contributed by atoms with E-state index in [1.807, 2.05) is 6.92 Å². The van der Waals surface area contributed by atoms with Gasteiger partial charge in [0.25, 0.3) is 0 Å². The Morgan fingerprint density at radius 3 is 2.49 bits per heavy atom. The van der Waals surface area contributed by atoms with E-state index in [1.54, 1.807) is 42.5 Å². The third kappa shape index (κ3) is 8.28. The monoisotopic (exact) mass is 579 g/mol. The first-order chi connectivity index (χ1) is 19.7. The second-order valence-electron chi connectivity index (χ2n) is 9.70. The minimum atomic E-state index is -0.497. The normalized spacial score (nSPS) is 11.9. The number of hydrogen-bond donors (Lipinski definition) is 1. The van der Waals surface area contributed by atoms with Crippen LogP contribution in [0.4, 0.5) is 4.39 Å². The average Bonchev–Trinajstić information content (AvgIpc) is 3.29. The average molecular weight is 580 g/mol. The summed E-state index contributed by atoms with van der Waals surface area (Å²) < 4.78 is 31.8. The summed E-state index contributed by atoms with van der Waals surface area (Å²) in [4.78, 5) is 27.0. The van der Waals surface area contributed by atoms with E-state index >= 15 is 0 Å². The lowest BCUT2D eigenvalue weighted by Crippen LogP contribution is -2.30. The van der Waals surface area contributed by atoms with E-state index in [9.17, 15) is 19.1 Å². The molecule has 0 amide bonds. The lowest BCUT2D eigenvalue weighted by Gasteiger charge is -2.21. The van der Waals surface area contributed by atoms with Gasteiger partial charge < -0.3 is 24.2 Å². The van der Waals surface area contributed by atoms with Gasteiger partial charge in [-0.05, 0) is 87.5 Å². The number of likely N-dealkylation sites (N-methyl/N-ethyl adjacent to an activating group) is 1. The van der Waals surface area contributed by atoms with Gasteiger partial charge in [-0.2, -0.15) is 0 Å². The Morgan fingerprint density at radius 1 is 1.02 bits per heavy atom. The van der Waals surface area contributed by atoms with Crippen LogP contribution in [0.3, 0.4) is 0 Å². The highest BCUT2D eigenvalue weighted by atomic mass is 32.1. The summed E-state index contributed by atoms with van der Waals surface area (Å²) >= 11 is 1.19. The molecule has 3 aromatic carbocycles. The van der Waals surface area contributed by atoms with Crippen LogP contribution in [0, 0.1) is 5.82 Å². The number of nitrogens with zero attached hydrogens (tertiary/aromatic N) is 1. The molecule has 0 fully saturated rings. The molecule has 0 radical (unpaired) electrons. The Hall–Kier alpha value is -3.95. The van der Waals surface area contributed by atoms with Crippen LogP contribution in [-0.2, 0) is 9.53 Å². The molecular formula is C32H34FNO6S. The molecule has 1 atom stereocenters. The molecule has 1 unspecified atom stereocenters. The van der Waals surface area contributed by atoms with E-state index in [4.69, 9.17) is 14.2 Å². The molecule has 0 aliphatic rings. The highest BCUT2D eigenvalue weighted by molar-refractivity contribution is 7.21. The van der Waals surface area contributed by atoms with Crippen LogP contribution in [0.15, 0.2) is 66.7 Å². The first-order valence-electron chi connectivity index (χ1n) is 13.6. The molecule has 4 rings (SSSR count). The molecule has 1 N–H and O–H groups in total. The predicted molar refractivity (Wildman–Crippen MR) is 158 cm³/mol. The Balaban J connectivity index is 1.39. The summed E-state index contributed by atoms with van der Waals surface area (Å²) in [5.41, 5.74) is 0.217. The highest BCUT2D eigenvalue weighted by Gasteiger charge is 2.22. The van der Waals surface area contributed by atoms with E-state index in [0.29, 0.717) is 38.8 Å². The summed E-state index contributed by atoms with van der Waals surface area (Å²) in [6.07, 6.45) is 1.65. The number of hydrogen-bond acceptors (Lipinski definition) is 8. The Labute approximate surface area is 243 Å². The lowest BCUT2D eigenvalue weighted by molar-refractivity contribution is -0.145. The quantitative estimate of drug-likeness (QED) is 0.125. The van der Waals surface area contributed by atoms with Crippen LogP contribution in [0.5, 0.6) is 23.0 Å². The third-order valence-electron chi connectivity index (χ3n) is 6.54. The minimum Gasteiger partial charge on any atom is -0.508 e. The second kappa shape index (κ2) is 14.1. The van der Waals surface area contributed by atoms with Crippen molar-refractivity contribution >= 4 is 33.2 Å². The Bertz CT molecular complexity index is 1490. The van der Waals surface area contributed by atoms with E-state index in [-0.39, 0.29) is 29.2 Å². The molecule has 0 saturated carbocycles. The minimum absolute atomic E-state index is 0.0785. The number of esters is 1. The van der Waals surface area contributed by atoms with Crippen LogP contribution in [0.2, 0.25) is 0 Å². The van der Waals surface area contributed by atoms with Crippen LogP contribution in [0.1, 0.15) is 48.8 Å². The smallest absolute Gasteiger partial charge is 0.302 e. The maximum atomic E-state index is 13.8. The lowest BCUT2D eigenvalue weighted by atomic mass is 10.1. The van der Waals surface area contributed by atoms with Crippen molar-refractivity contribution in [2.24, 2.45) is 0 Å². The summed E-state index contributed by atoms with van der Waals surface area (Å²) in [6, 6.07) is 17.5. The van der Waals surface area contributed by atoms with Gasteiger partial charge in [0.1, 0.15) is 34.5 Å². The van der Waals surface area contributed by atoms with Crippen molar-refractivity contribution in [3.8, 4) is 23.0 Å². The molecule has 1 aromatic heterocycles. The number of carbonyl (C=O) groups excluding carboxylic acids is 2. The Morgan fingerprint density at radius 2 is 1.78 bits per heavy atom. The molecule has 9 heteroatoms. The summed E-state index contributed by atoms with van der Waals surface area (Å²) in [7, 11) is 0. The number of rotatable bonds is 14. The number of phenols is 1. The van der Waals surface area contributed by atoms with Crippen LogP contribution in [0.25, 0.3) is 10.1 Å². The number of fused-ring (bicyclic) bond motifs is 1. The van der Waals surface area contributed by atoms with E-state index in [2.05, 4.69) is 11.8 Å². The molecule has 0 bridgehead atoms. The van der Waals surface area contributed by atoms with E-state index in [1.165, 1.54) is 42.5 Å². The highest BCUT2D eigenvalue weighted by Crippen LogP contribution is 2.42. The first kappa shape index (κ1) is 30.0. The largest absolute Gasteiger partial charge is 0.508 e. The van der Waals surface area contributed by atoms with Gasteiger partial charge in [-0.1, -0.05) is 19.1 Å². The second-order valence-corrected chi connectivity index (χ2v) is 10.8. The van der Waals surface area contributed by atoms with Crippen molar-refractivity contribution in [3.05, 3.63) is 83.0 Å². The number of carbonyl (C=O) groups is 2. The van der Waals surface area contributed by atoms with Crippen molar-refractivity contribution in [1.29, 1.82) is 0 Å². The van der Waals surface area contributed by atoms with Gasteiger partial charge in [-0.15, -0.1) is 11.3 Å². The fourth-order valence-electron chi connectivity index (χ4n) is 4.46. The molecule has 4 aromatic rings. The molecule has 1 heterocycles. The SMILES string of the molecule is CCN(CCCC(C)OC(C)=O)CCOc1ccc(Oc2c(C(=O)c3cccc(F)c3)sc3cc(O)ccc23)cc1. The number of halogens is 1. The fourth-order valence-corrected chi connectivity index (χ4v) is 5.59.